The number of sulfonamides is 1. The maximum atomic E-state index is 13.0. The zero-order valence-corrected chi connectivity index (χ0v) is 20.4. The number of amides is 1. The number of carboxylic acid groups (broad SMARTS) is 1. The summed E-state index contributed by atoms with van der Waals surface area (Å²) < 4.78 is 28.4. The molecule has 35 heavy (non-hydrogen) atoms. The summed E-state index contributed by atoms with van der Waals surface area (Å²) in [6.07, 6.45) is 0.677. The monoisotopic (exact) mass is 513 g/mol. The molecule has 0 saturated heterocycles. The molecule has 1 amide bonds. The molecule has 0 saturated carbocycles. The van der Waals surface area contributed by atoms with Crippen LogP contribution in [-0.2, 0) is 34.2 Å². The van der Waals surface area contributed by atoms with Crippen molar-refractivity contribution in [3.63, 3.8) is 0 Å². The first kappa shape index (κ1) is 24.7. The van der Waals surface area contributed by atoms with Crippen LogP contribution in [0.1, 0.15) is 34.0 Å². The van der Waals surface area contributed by atoms with E-state index < -0.39 is 21.9 Å². The molecule has 1 atom stereocenters. The number of benzene rings is 3. The van der Waals surface area contributed by atoms with Gasteiger partial charge in [0.25, 0.3) is 5.91 Å². The summed E-state index contributed by atoms with van der Waals surface area (Å²) in [6.45, 7) is 1.97. The number of carbonyl (C=O) groups is 2. The number of hydrogen-bond donors (Lipinski definition) is 3. The molecule has 0 spiro atoms. The topological polar surface area (TPSA) is 116 Å². The molecule has 0 radical (unpaired) electrons. The molecule has 3 aromatic rings. The summed E-state index contributed by atoms with van der Waals surface area (Å²) in [6, 6.07) is 18.5. The third kappa shape index (κ3) is 5.64. The van der Waals surface area contributed by atoms with E-state index >= 15 is 0 Å². The lowest BCUT2D eigenvalue weighted by Gasteiger charge is -2.25. The van der Waals surface area contributed by atoms with Gasteiger partial charge in [0.05, 0.1) is 23.2 Å². The van der Waals surface area contributed by atoms with Gasteiger partial charge in [-0.25, -0.2) is 13.1 Å². The molecule has 1 unspecified atom stereocenters. The Morgan fingerprint density at radius 1 is 1.06 bits per heavy atom. The van der Waals surface area contributed by atoms with Gasteiger partial charge in [-0.2, -0.15) is 0 Å². The third-order valence-corrected chi connectivity index (χ3v) is 7.64. The minimum absolute atomic E-state index is 0.00857. The number of fused-ring (bicyclic) bond motifs is 1. The number of nitrogens with one attached hydrogen (secondary N) is 2. The van der Waals surface area contributed by atoms with Crippen LogP contribution in [0, 0.1) is 0 Å². The molecule has 182 valence electrons. The Morgan fingerprint density at radius 3 is 2.46 bits per heavy atom. The largest absolute Gasteiger partial charge is 0.481 e. The van der Waals surface area contributed by atoms with Crippen LogP contribution in [0.5, 0.6) is 0 Å². The van der Waals surface area contributed by atoms with Crippen LogP contribution in [0.2, 0.25) is 5.02 Å². The summed E-state index contributed by atoms with van der Waals surface area (Å²) >= 11 is 6.18. The van der Waals surface area contributed by atoms with E-state index in [9.17, 15) is 18.0 Å². The molecule has 1 heterocycles. The second kappa shape index (κ2) is 10.1. The maximum Gasteiger partial charge on any atom is 0.307 e. The average Bonchev–Trinajstić information content (AvgIpc) is 3.13. The number of hydrogen-bond acceptors (Lipinski definition) is 5. The van der Waals surface area contributed by atoms with Crippen molar-refractivity contribution in [2.45, 2.75) is 37.2 Å². The number of carbonyl (C=O) groups excluding carboxylic acids is 1. The number of anilines is 1. The third-order valence-electron chi connectivity index (χ3n) is 5.76. The van der Waals surface area contributed by atoms with Crippen LogP contribution < -0.4 is 15.2 Å². The Balaban J connectivity index is 1.48. The van der Waals surface area contributed by atoms with E-state index in [0.717, 1.165) is 17.7 Å². The summed E-state index contributed by atoms with van der Waals surface area (Å²) in [5.41, 5.74) is 6.32. The Hall–Kier alpha value is -3.40. The number of aliphatic carboxylic acids is 1. The minimum Gasteiger partial charge on any atom is -0.481 e. The molecule has 3 N–H and O–H groups in total. The van der Waals surface area contributed by atoms with Gasteiger partial charge in [-0.3, -0.25) is 20.0 Å². The second-order valence-electron chi connectivity index (χ2n) is 8.35. The Bertz CT molecular complexity index is 1380. The molecule has 0 aliphatic carbocycles. The van der Waals surface area contributed by atoms with E-state index in [1.54, 1.807) is 29.3 Å². The fourth-order valence-corrected chi connectivity index (χ4v) is 5.51. The van der Waals surface area contributed by atoms with Crippen LogP contribution in [0.25, 0.3) is 0 Å². The minimum atomic E-state index is -4.03. The molecule has 8 nitrogen and oxygen atoms in total. The van der Waals surface area contributed by atoms with E-state index in [4.69, 9.17) is 16.7 Å². The lowest BCUT2D eigenvalue weighted by molar-refractivity contribution is -0.136. The Kier molecular flexibility index (Phi) is 7.11. The standard InChI is InChI=1S/C25H24ClN3O5S/c1-16-12-19-4-2-3-5-22(19)29(16)28-25(32)20-10-11-21(26)23(14-20)35(33,34)27-15-18-8-6-17(7-9-18)13-24(30)31/h2-11,14,16,27H,12-13,15H2,1H3,(H,28,32)(H,30,31). The van der Waals surface area contributed by atoms with Gasteiger partial charge in [-0.05, 0) is 54.3 Å². The number of para-hydroxylation sites is 1. The summed E-state index contributed by atoms with van der Waals surface area (Å²) in [5, 5.41) is 10.6. The number of nitrogens with zero attached hydrogens (tertiary/aromatic N) is 1. The smallest absolute Gasteiger partial charge is 0.307 e. The summed E-state index contributed by atoms with van der Waals surface area (Å²) in [7, 11) is -4.03. The number of halogens is 1. The zero-order valence-electron chi connectivity index (χ0n) is 18.9. The first-order valence-electron chi connectivity index (χ1n) is 10.9. The van der Waals surface area contributed by atoms with Gasteiger partial charge < -0.3 is 5.11 Å². The molecule has 1 aliphatic heterocycles. The Morgan fingerprint density at radius 2 is 1.74 bits per heavy atom. The zero-order chi connectivity index (χ0) is 25.2. The SMILES string of the molecule is CC1Cc2ccccc2N1NC(=O)c1ccc(Cl)c(S(=O)(=O)NCc2ccc(CC(=O)O)cc2)c1. The van der Waals surface area contributed by atoms with Crippen molar-refractivity contribution < 1.29 is 23.1 Å². The molecule has 0 bridgehead atoms. The van der Waals surface area contributed by atoms with E-state index in [1.165, 1.54) is 18.2 Å². The van der Waals surface area contributed by atoms with E-state index in [-0.39, 0.29) is 34.5 Å². The van der Waals surface area contributed by atoms with Crippen LogP contribution in [0.3, 0.4) is 0 Å². The molecular weight excluding hydrogens is 490 g/mol. The van der Waals surface area contributed by atoms with Crippen LogP contribution in [0.4, 0.5) is 5.69 Å². The van der Waals surface area contributed by atoms with Gasteiger partial charge in [0, 0.05) is 12.1 Å². The molecule has 1 aliphatic rings. The van der Waals surface area contributed by atoms with E-state index in [0.29, 0.717) is 11.1 Å². The predicted molar refractivity (Wildman–Crippen MR) is 133 cm³/mol. The normalized spacial score (nSPS) is 15.0. The number of hydrazine groups is 1. The van der Waals surface area contributed by atoms with Crippen molar-refractivity contribution in [2.24, 2.45) is 0 Å². The number of carboxylic acids is 1. The maximum absolute atomic E-state index is 13.0. The molecule has 10 heteroatoms. The highest BCUT2D eigenvalue weighted by molar-refractivity contribution is 7.89. The van der Waals surface area contributed by atoms with Gasteiger partial charge >= 0.3 is 5.97 Å². The van der Waals surface area contributed by atoms with Gasteiger partial charge in [0.2, 0.25) is 10.0 Å². The highest BCUT2D eigenvalue weighted by atomic mass is 35.5. The molecule has 4 rings (SSSR count). The summed E-state index contributed by atoms with van der Waals surface area (Å²) in [5.74, 6) is -1.39. The highest BCUT2D eigenvalue weighted by Gasteiger charge is 2.28. The van der Waals surface area contributed by atoms with Gasteiger partial charge in [-0.15, -0.1) is 0 Å². The van der Waals surface area contributed by atoms with Crippen molar-refractivity contribution in [3.8, 4) is 0 Å². The first-order chi connectivity index (χ1) is 16.6. The van der Waals surface area contributed by atoms with Crippen molar-refractivity contribution in [3.05, 3.63) is 94.0 Å². The molecular formula is C25H24ClN3O5S. The van der Waals surface area contributed by atoms with Crippen molar-refractivity contribution in [1.82, 2.24) is 10.1 Å². The Labute approximate surface area is 208 Å². The lowest BCUT2D eigenvalue weighted by Crippen LogP contribution is -2.45. The van der Waals surface area contributed by atoms with Crippen LogP contribution in [0.15, 0.2) is 71.6 Å². The fourth-order valence-electron chi connectivity index (χ4n) is 3.97. The quantitative estimate of drug-likeness (QED) is 0.424. The molecule has 3 aromatic carbocycles. The van der Waals surface area contributed by atoms with E-state index in [2.05, 4.69) is 10.1 Å². The van der Waals surface area contributed by atoms with Crippen molar-refractivity contribution >= 4 is 39.2 Å². The predicted octanol–water partition coefficient (Wildman–Crippen LogP) is 3.54. The van der Waals surface area contributed by atoms with Gasteiger partial charge in [0.15, 0.2) is 0 Å². The summed E-state index contributed by atoms with van der Waals surface area (Å²) in [4.78, 5) is 23.6. The van der Waals surface area contributed by atoms with Gasteiger partial charge in [0.1, 0.15) is 4.90 Å². The van der Waals surface area contributed by atoms with Crippen molar-refractivity contribution in [2.75, 3.05) is 5.01 Å². The number of rotatable bonds is 8. The van der Waals surface area contributed by atoms with Gasteiger partial charge in [-0.1, -0.05) is 54.1 Å². The highest BCUT2D eigenvalue weighted by Crippen LogP contribution is 2.30. The van der Waals surface area contributed by atoms with Crippen LogP contribution in [-0.4, -0.2) is 31.4 Å². The fraction of sp³-hybridized carbons (Fsp3) is 0.200. The second-order valence-corrected chi connectivity index (χ2v) is 10.5. The molecule has 0 fully saturated rings. The first-order valence-corrected chi connectivity index (χ1v) is 12.8. The van der Waals surface area contributed by atoms with Crippen molar-refractivity contribution in [1.29, 1.82) is 0 Å². The van der Waals surface area contributed by atoms with E-state index in [1.807, 2.05) is 31.2 Å². The average molecular weight is 514 g/mol. The molecule has 0 aromatic heterocycles. The van der Waals surface area contributed by atoms with Crippen LogP contribution >= 0.6 is 11.6 Å². The lowest BCUT2D eigenvalue weighted by atomic mass is 10.1.